The van der Waals surface area contributed by atoms with E-state index in [9.17, 15) is 9.18 Å². The van der Waals surface area contributed by atoms with Crippen LogP contribution in [0, 0.1) is 5.82 Å². The molecule has 2 atom stereocenters. The van der Waals surface area contributed by atoms with Gasteiger partial charge in [-0.25, -0.2) is 4.39 Å². The molecule has 1 aliphatic carbocycles. The van der Waals surface area contributed by atoms with Crippen LogP contribution in [0.3, 0.4) is 0 Å². The molecule has 0 heterocycles. The molecule has 1 aliphatic rings. The van der Waals surface area contributed by atoms with Gasteiger partial charge < -0.3 is 4.90 Å². The maximum absolute atomic E-state index is 13.2. The molecule has 0 aromatic heterocycles. The molecule has 1 aromatic carbocycles. The highest BCUT2D eigenvalue weighted by Gasteiger charge is 2.29. The van der Waals surface area contributed by atoms with Crippen LogP contribution in [0.25, 0.3) is 0 Å². The summed E-state index contributed by atoms with van der Waals surface area (Å²) in [6, 6.07) is 4.60. The van der Waals surface area contributed by atoms with Gasteiger partial charge in [0.15, 0.2) is 0 Å². The molecule has 19 heavy (non-hydrogen) atoms. The third-order valence-electron chi connectivity index (χ3n) is 3.63. The Kier molecular flexibility index (Phi) is 5.01. The molecule has 5 heteroatoms. The van der Waals surface area contributed by atoms with E-state index < -0.39 is 0 Å². The fraction of sp³-hybridized carbons (Fsp3) is 0.500. The number of alkyl halides is 1. The Labute approximate surface area is 129 Å². The lowest BCUT2D eigenvalue weighted by Crippen LogP contribution is -2.44. The van der Waals surface area contributed by atoms with Crippen LogP contribution in [-0.2, 0) is 0 Å². The normalized spacial score (nSPS) is 23.2. The predicted octanol–water partition coefficient (Wildman–Crippen LogP) is 4.37. The third-order valence-corrected chi connectivity index (χ3v) is 5.31. The highest BCUT2D eigenvalue weighted by atomic mass is 79.9. The largest absolute Gasteiger partial charge is 0.338 e. The van der Waals surface area contributed by atoms with Crippen molar-refractivity contribution in [3.63, 3.8) is 0 Å². The molecule has 1 fully saturated rings. The topological polar surface area (TPSA) is 20.3 Å². The second-order valence-corrected chi connectivity index (χ2v) is 6.94. The Morgan fingerprint density at radius 1 is 1.37 bits per heavy atom. The van der Waals surface area contributed by atoms with Crippen molar-refractivity contribution < 1.29 is 9.18 Å². The average Bonchev–Trinajstić information content (AvgIpc) is 2.41. The molecule has 1 aromatic rings. The van der Waals surface area contributed by atoms with Gasteiger partial charge in [-0.1, -0.05) is 28.8 Å². The van der Waals surface area contributed by atoms with Gasteiger partial charge in [0.25, 0.3) is 5.91 Å². The molecular formula is C14H16Br2FNO. The van der Waals surface area contributed by atoms with Gasteiger partial charge >= 0.3 is 0 Å². The maximum Gasteiger partial charge on any atom is 0.253 e. The number of halogens is 3. The first-order chi connectivity index (χ1) is 9.00. The lowest BCUT2D eigenvalue weighted by atomic mass is 9.94. The molecule has 1 amide bonds. The number of benzene rings is 1. The van der Waals surface area contributed by atoms with E-state index in [1.165, 1.54) is 18.6 Å². The van der Waals surface area contributed by atoms with Crippen LogP contribution in [0.1, 0.15) is 36.0 Å². The van der Waals surface area contributed by atoms with Crippen molar-refractivity contribution in [1.29, 1.82) is 0 Å². The number of carbonyl (C=O) groups is 1. The monoisotopic (exact) mass is 391 g/mol. The van der Waals surface area contributed by atoms with E-state index in [-0.39, 0.29) is 17.8 Å². The van der Waals surface area contributed by atoms with Gasteiger partial charge in [0.2, 0.25) is 0 Å². The summed E-state index contributed by atoms with van der Waals surface area (Å²) in [6.07, 6.45) is 4.46. The summed E-state index contributed by atoms with van der Waals surface area (Å²) in [5.74, 6) is -0.410. The zero-order valence-electron chi connectivity index (χ0n) is 10.7. The van der Waals surface area contributed by atoms with E-state index in [1.54, 1.807) is 11.0 Å². The lowest BCUT2D eigenvalue weighted by Gasteiger charge is -2.35. The van der Waals surface area contributed by atoms with Crippen LogP contribution in [0.5, 0.6) is 0 Å². The number of amides is 1. The van der Waals surface area contributed by atoms with Crippen LogP contribution < -0.4 is 0 Å². The van der Waals surface area contributed by atoms with E-state index in [1.807, 2.05) is 7.05 Å². The van der Waals surface area contributed by atoms with Crippen LogP contribution in [0.2, 0.25) is 0 Å². The Hall–Kier alpha value is -0.420. The standard InChI is InChI=1S/C14H16Br2FNO/c1-18(13-5-3-2-4-10(13)15)14(19)9-6-7-12(17)11(16)8-9/h6-8,10,13H,2-5H2,1H3. The van der Waals surface area contributed by atoms with Gasteiger partial charge in [0.1, 0.15) is 5.82 Å². The van der Waals surface area contributed by atoms with E-state index >= 15 is 0 Å². The van der Waals surface area contributed by atoms with Gasteiger partial charge in [0.05, 0.1) is 4.47 Å². The van der Waals surface area contributed by atoms with Crippen molar-refractivity contribution in [3.05, 3.63) is 34.1 Å². The number of nitrogens with zero attached hydrogens (tertiary/aromatic N) is 1. The highest BCUT2D eigenvalue weighted by Crippen LogP contribution is 2.29. The van der Waals surface area contributed by atoms with Crippen LogP contribution in [0.15, 0.2) is 22.7 Å². The maximum atomic E-state index is 13.2. The molecule has 0 spiro atoms. The quantitative estimate of drug-likeness (QED) is 0.684. The summed E-state index contributed by atoms with van der Waals surface area (Å²) < 4.78 is 13.5. The van der Waals surface area contributed by atoms with Gasteiger partial charge in [-0.3, -0.25) is 4.79 Å². The van der Waals surface area contributed by atoms with Crippen molar-refractivity contribution in [2.45, 2.75) is 36.6 Å². The highest BCUT2D eigenvalue weighted by molar-refractivity contribution is 9.10. The Morgan fingerprint density at radius 2 is 2.05 bits per heavy atom. The number of carbonyl (C=O) groups excluding carboxylic acids is 1. The minimum Gasteiger partial charge on any atom is -0.338 e. The fourth-order valence-corrected chi connectivity index (χ4v) is 3.81. The number of rotatable bonds is 2. The minimum atomic E-state index is -0.352. The van der Waals surface area contributed by atoms with Crippen molar-refractivity contribution >= 4 is 37.8 Å². The van der Waals surface area contributed by atoms with Gasteiger partial charge in [-0.05, 0) is 47.0 Å². The van der Waals surface area contributed by atoms with Gasteiger partial charge in [-0.15, -0.1) is 0 Å². The van der Waals surface area contributed by atoms with Crippen molar-refractivity contribution in [3.8, 4) is 0 Å². The average molecular weight is 393 g/mol. The van der Waals surface area contributed by atoms with Gasteiger partial charge in [-0.2, -0.15) is 0 Å². The first kappa shape index (κ1) is 15.0. The molecule has 0 radical (unpaired) electrons. The molecular weight excluding hydrogens is 377 g/mol. The zero-order valence-corrected chi connectivity index (χ0v) is 13.9. The van der Waals surface area contributed by atoms with E-state index in [2.05, 4.69) is 31.9 Å². The number of hydrogen-bond donors (Lipinski definition) is 0. The molecule has 104 valence electrons. The summed E-state index contributed by atoms with van der Waals surface area (Å²) in [7, 11) is 1.82. The zero-order chi connectivity index (χ0) is 14.0. The summed E-state index contributed by atoms with van der Waals surface area (Å²) in [6.45, 7) is 0. The minimum absolute atomic E-state index is 0.0583. The molecule has 2 unspecified atom stereocenters. The molecule has 2 nitrogen and oxygen atoms in total. The smallest absolute Gasteiger partial charge is 0.253 e. The summed E-state index contributed by atoms with van der Waals surface area (Å²) in [5, 5.41) is 0. The van der Waals surface area contributed by atoms with Crippen LogP contribution in [0.4, 0.5) is 4.39 Å². The second kappa shape index (κ2) is 6.35. The molecule has 1 saturated carbocycles. The first-order valence-corrected chi connectivity index (χ1v) is 8.08. The second-order valence-electron chi connectivity index (χ2n) is 4.91. The van der Waals surface area contributed by atoms with E-state index in [4.69, 9.17) is 0 Å². The first-order valence-electron chi connectivity index (χ1n) is 6.37. The Morgan fingerprint density at radius 3 is 2.68 bits per heavy atom. The number of hydrogen-bond acceptors (Lipinski definition) is 1. The predicted molar refractivity (Wildman–Crippen MR) is 81.2 cm³/mol. The molecule has 0 bridgehead atoms. The van der Waals surface area contributed by atoms with Crippen molar-refractivity contribution in [2.75, 3.05) is 7.05 Å². The molecule has 0 aliphatic heterocycles. The third kappa shape index (κ3) is 3.37. The SMILES string of the molecule is CN(C(=O)c1ccc(F)c(Br)c1)C1CCCCC1Br. The summed E-state index contributed by atoms with van der Waals surface area (Å²) >= 11 is 6.78. The van der Waals surface area contributed by atoms with Crippen molar-refractivity contribution in [2.24, 2.45) is 0 Å². The molecule has 0 saturated heterocycles. The van der Waals surface area contributed by atoms with Gasteiger partial charge in [0, 0.05) is 23.5 Å². The fourth-order valence-electron chi connectivity index (χ4n) is 2.49. The van der Waals surface area contributed by atoms with E-state index in [0.29, 0.717) is 14.9 Å². The lowest BCUT2D eigenvalue weighted by molar-refractivity contribution is 0.0704. The van der Waals surface area contributed by atoms with Crippen molar-refractivity contribution in [1.82, 2.24) is 4.90 Å². The Bertz CT molecular complexity index is 481. The molecule has 2 rings (SSSR count). The summed E-state index contributed by atoms with van der Waals surface area (Å²) in [4.78, 5) is 14.5. The van der Waals surface area contributed by atoms with Crippen LogP contribution in [-0.4, -0.2) is 28.7 Å². The van der Waals surface area contributed by atoms with Crippen LogP contribution >= 0.6 is 31.9 Å². The summed E-state index contributed by atoms with van der Waals surface area (Å²) in [5.41, 5.74) is 0.515. The van der Waals surface area contributed by atoms with E-state index in [0.717, 1.165) is 19.3 Å². The Balaban J connectivity index is 2.15. The molecule has 0 N–H and O–H groups in total.